The van der Waals surface area contributed by atoms with Crippen LogP contribution in [-0.2, 0) is 6.54 Å². The first kappa shape index (κ1) is 22.5. The second-order valence-corrected chi connectivity index (χ2v) is 8.91. The molecular formula is C22H34N8O. The molecule has 1 aromatic heterocycles. The monoisotopic (exact) mass is 426 g/mol. The minimum Gasteiger partial charge on any atom is -0.497 e. The fourth-order valence-corrected chi connectivity index (χ4v) is 3.53. The van der Waals surface area contributed by atoms with Crippen molar-refractivity contribution in [1.29, 1.82) is 5.41 Å². The summed E-state index contributed by atoms with van der Waals surface area (Å²) in [5, 5.41) is 17.6. The van der Waals surface area contributed by atoms with E-state index in [1.807, 2.05) is 24.3 Å². The Morgan fingerprint density at radius 2 is 1.97 bits per heavy atom. The Labute approximate surface area is 184 Å². The van der Waals surface area contributed by atoms with E-state index in [4.69, 9.17) is 20.9 Å². The number of hydrogen-bond donors (Lipinski definition) is 5. The van der Waals surface area contributed by atoms with Crippen molar-refractivity contribution < 1.29 is 4.74 Å². The highest BCUT2D eigenvalue weighted by molar-refractivity contribution is 5.78. The normalized spacial score (nSPS) is 16.2. The molecule has 1 aliphatic heterocycles. The molecule has 0 aliphatic carbocycles. The Morgan fingerprint density at radius 1 is 1.26 bits per heavy atom. The van der Waals surface area contributed by atoms with E-state index in [0.29, 0.717) is 35.7 Å². The molecule has 1 atom stereocenters. The largest absolute Gasteiger partial charge is 0.497 e. The van der Waals surface area contributed by atoms with Crippen LogP contribution in [0.4, 0.5) is 23.3 Å². The highest BCUT2D eigenvalue weighted by Crippen LogP contribution is 2.32. The van der Waals surface area contributed by atoms with Gasteiger partial charge in [0.2, 0.25) is 5.95 Å². The molecule has 0 radical (unpaired) electrons. The quantitative estimate of drug-likeness (QED) is 0.338. The van der Waals surface area contributed by atoms with Gasteiger partial charge in [-0.3, -0.25) is 5.41 Å². The number of methoxy groups -OCH3 is 1. The van der Waals surface area contributed by atoms with Crippen molar-refractivity contribution in [2.75, 3.05) is 41.5 Å². The number of aromatic nitrogens is 2. The standard InChI is InChI=1S/C22H34N8O/c1-14(23)26-16-10-11-30(13-16)20-18(24)19(27-21(28-20)29-22(2,3)4)25-12-15-6-8-17(31-5)9-7-15/h6-9,16H,10-13,24H2,1-5H3,(H2,23,26)(H2,25,27,28,29)/t16-/m0/s1. The molecule has 0 amide bonds. The van der Waals surface area contributed by atoms with Crippen molar-refractivity contribution in [2.24, 2.45) is 0 Å². The number of nitrogens with two attached hydrogens (primary N) is 1. The Kier molecular flexibility index (Phi) is 6.72. The van der Waals surface area contributed by atoms with Crippen LogP contribution in [0.2, 0.25) is 0 Å². The number of ether oxygens (including phenoxy) is 1. The highest BCUT2D eigenvalue weighted by Gasteiger charge is 2.27. The molecule has 0 unspecified atom stereocenters. The van der Waals surface area contributed by atoms with Crippen LogP contribution >= 0.6 is 0 Å². The highest BCUT2D eigenvalue weighted by atomic mass is 16.5. The molecular weight excluding hydrogens is 392 g/mol. The summed E-state index contributed by atoms with van der Waals surface area (Å²) < 4.78 is 5.23. The number of amidine groups is 1. The molecule has 1 saturated heterocycles. The lowest BCUT2D eigenvalue weighted by Gasteiger charge is -2.25. The first-order chi connectivity index (χ1) is 14.6. The second-order valence-electron chi connectivity index (χ2n) is 8.91. The lowest BCUT2D eigenvalue weighted by Crippen LogP contribution is -2.35. The van der Waals surface area contributed by atoms with E-state index >= 15 is 0 Å². The van der Waals surface area contributed by atoms with Crippen molar-refractivity contribution in [1.82, 2.24) is 15.3 Å². The Hall–Kier alpha value is -3.23. The molecule has 3 rings (SSSR count). The topological polar surface area (TPSA) is 124 Å². The van der Waals surface area contributed by atoms with Gasteiger partial charge in [0.15, 0.2) is 11.6 Å². The average molecular weight is 427 g/mol. The van der Waals surface area contributed by atoms with Gasteiger partial charge in [-0.25, -0.2) is 0 Å². The molecule has 6 N–H and O–H groups in total. The van der Waals surface area contributed by atoms with Crippen LogP contribution in [-0.4, -0.2) is 47.6 Å². The van der Waals surface area contributed by atoms with Crippen molar-refractivity contribution >= 4 is 29.1 Å². The minimum atomic E-state index is -0.187. The smallest absolute Gasteiger partial charge is 0.227 e. The van der Waals surface area contributed by atoms with E-state index in [1.165, 1.54) is 0 Å². The third kappa shape index (κ3) is 6.13. The molecule has 2 aromatic rings. The zero-order valence-electron chi connectivity index (χ0n) is 19.0. The van der Waals surface area contributed by atoms with Crippen molar-refractivity contribution in [3.8, 4) is 5.75 Å². The summed E-state index contributed by atoms with van der Waals surface area (Å²) in [7, 11) is 1.65. The summed E-state index contributed by atoms with van der Waals surface area (Å²) >= 11 is 0. The summed E-state index contributed by atoms with van der Waals surface area (Å²) in [5.41, 5.74) is 7.95. The van der Waals surface area contributed by atoms with E-state index in [2.05, 4.69) is 46.6 Å². The third-order valence-electron chi connectivity index (χ3n) is 4.94. The predicted octanol–water partition coefficient (Wildman–Crippen LogP) is 3.06. The number of nitrogen functional groups attached to an aromatic ring is 1. The summed E-state index contributed by atoms with van der Waals surface area (Å²) in [6.45, 7) is 10.1. The van der Waals surface area contributed by atoms with E-state index in [1.54, 1.807) is 14.0 Å². The molecule has 0 spiro atoms. The van der Waals surface area contributed by atoms with Crippen molar-refractivity contribution in [3.63, 3.8) is 0 Å². The first-order valence-electron chi connectivity index (χ1n) is 10.5. The zero-order valence-corrected chi connectivity index (χ0v) is 19.0. The van der Waals surface area contributed by atoms with Crippen LogP contribution in [0.25, 0.3) is 0 Å². The molecule has 31 heavy (non-hydrogen) atoms. The second kappa shape index (κ2) is 9.28. The molecule has 1 fully saturated rings. The first-order valence-corrected chi connectivity index (χ1v) is 10.5. The maximum Gasteiger partial charge on any atom is 0.227 e. The Morgan fingerprint density at radius 3 is 2.58 bits per heavy atom. The molecule has 1 aliphatic rings. The van der Waals surface area contributed by atoms with Gasteiger partial charge in [-0.2, -0.15) is 9.97 Å². The lowest BCUT2D eigenvalue weighted by atomic mass is 10.1. The van der Waals surface area contributed by atoms with E-state index in [-0.39, 0.29) is 11.6 Å². The molecule has 9 heteroatoms. The zero-order chi connectivity index (χ0) is 22.6. The average Bonchev–Trinajstić information content (AvgIpc) is 3.14. The molecule has 1 aromatic carbocycles. The van der Waals surface area contributed by atoms with E-state index < -0.39 is 0 Å². The Bertz CT molecular complexity index is 907. The van der Waals surface area contributed by atoms with Crippen LogP contribution in [0.3, 0.4) is 0 Å². The fraction of sp³-hybridized carbons (Fsp3) is 0.500. The van der Waals surface area contributed by atoms with Gasteiger partial charge in [0, 0.05) is 31.2 Å². The van der Waals surface area contributed by atoms with Crippen LogP contribution in [0, 0.1) is 5.41 Å². The van der Waals surface area contributed by atoms with Crippen LogP contribution in [0.15, 0.2) is 24.3 Å². The summed E-state index contributed by atoms with van der Waals surface area (Å²) in [5.74, 6) is 3.15. The number of nitrogens with zero attached hydrogens (tertiary/aromatic N) is 3. The van der Waals surface area contributed by atoms with Crippen molar-refractivity contribution in [2.45, 2.75) is 52.2 Å². The van der Waals surface area contributed by atoms with Gasteiger partial charge in [-0.1, -0.05) is 12.1 Å². The summed E-state index contributed by atoms with van der Waals surface area (Å²) in [4.78, 5) is 11.5. The Balaban J connectivity index is 1.84. The van der Waals surface area contributed by atoms with Gasteiger partial charge in [-0.15, -0.1) is 0 Å². The molecule has 9 nitrogen and oxygen atoms in total. The van der Waals surface area contributed by atoms with Gasteiger partial charge in [0.05, 0.1) is 12.9 Å². The fourth-order valence-electron chi connectivity index (χ4n) is 3.53. The SMILES string of the molecule is COc1ccc(CNc2nc(NC(C)(C)C)nc(N3CC[C@H](NC(C)=N)C3)c2N)cc1. The molecule has 0 saturated carbocycles. The molecule has 0 bridgehead atoms. The number of nitrogens with one attached hydrogen (secondary N) is 4. The summed E-state index contributed by atoms with van der Waals surface area (Å²) in [6.07, 6.45) is 0.927. The third-order valence-corrected chi connectivity index (χ3v) is 4.94. The van der Waals surface area contributed by atoms with Gasteiger partial charge >= 0.3 is 0 Å². The van der Waals surface area contributed by atoms with Crippen LogP contribution in [0.5, 0.6) is 5.75 Å². The number of benzene rings is 1. The van der Waals surface area contributed by atoms with E-state index in [0.717, 1.165) is 30.8 Å². The number of rotatable bonds is 7. The molecule has 168 valence electrons. The lowest BCUT2D eigenvalue weighted by molar-refractivity contribution is 0.414. The molecule has 2 heterocycles. The maximum atomic E-state index is 7.69. The van der Waals surface area contributed by atoms with Gasteiger partial charge < -0.3 is 31.3 Å². The van der Waals surface area contributed by atoms with Gasteiger partial charge in [0.25, 0.3) is 0 Å². The predicted molar refractivity (Wildman–Crippen MR) is 127 cm³/mol. The van der Waals surface area contributed by atoms with Crippen LogP contribution < -0.4 is 31.3 Å². The summed E-state index contributed by atoms with van der Waals surface area (Å²) in [6, 6.07) is 8.09. The van der Waals surface area contributed by atoms with Crippen LogP contribution in [0.1, 0.15) is 39.7 Å². The van der Waals surface area contributed by atoms with E-state index in [9.17, 15) is 0 Å². The minimum absolute atomic E-state index is 0.187. The number of hydrogen-bond acceptors (Lipinski definition) is 8. The number of anilines is 4. The maximum absolute atomic E-state index is 7.69. The van der Waals surface area contributed by atoms with Gasteiger partial charge in [0.1, 0.15) is 11.4 Å². The van der Waals surface area contributed by atoms with Gasteiger partial charge in [-0.05, 0) is 51.8 Å². The van der Waals surface area contributed by atoms with Crippen molar-refractivity contribution in [3.05, 3.63) is 29.8 Å².